The highest BCUT2D eigenvalue weighted by molar-refractivity contribution is 5.94. The maximum absolute atomic E-state index is 12.1. The summed E-state index contributed by atoms with van der Waals surface area (Å²) in [6.07, 6.45) is 1.41. The molecule has 0 aromatic heterocycles. The first-order valence-corrected chi connectivity index (χ1v) is 20.6. The van der Waals surface area contributed by atoms with Crippen molar-refractivity contribution in [1.82, 2.24) is 0 Å². The first kappa shape index (κ1) is 48.0. The van der Waals surface area contributed by atoms with Crippen LogP contribution in [0.3, 0.4) is 0 Å². The van der Waals surface area contributed by atoms with Gasteiger partial charge in [-0.25, -0.2) is 9.59 Å². The molecule has 0 aliphatic carbocycles. The number of carbonyl (C=O) groups is 3. The van der Waals surface area contributed by atoms with Crippen molar-refractivity contribution >= 4 is 29.2 Å². The Labute approximate surface area is 351 Å². The first-order chi connectivity index (χ1) is 28.5. The van der Waals surface area contributed by atoms with Gasteiger partial charge in [0.05, 0.1) is 26.4 Å². The third-order valence-corrected chi connectivity index (χ3v) is 9.23. The van der Waals surface area contributed by atoms with Crippen LogP contribution >= 0.6 is 0 Å². The molecule has 11 nitrogen and oxygen atoms in total. The van der Waals surface area contributed by atoms with E-state index in [0.717, 1.165) is 52.4 Å². The van der Waals surface area contributed by atoms with E-state index >= 15 is 0 Å². The first-order valence-electron chi connectivity index (χ1n) is 20.6. The van der Waals surface area contributed by atoms with E-state index in [0.29, 0.717) is 52.5 Å². The van der Waals surface area contributed by atoms with Gasteiger partial charge in [-0.3, -0.25) is 4.79 Å². The van der Waals surface area contributed by atoms with Crippen LogP contribution in [0.5, 0.6) is 11.5 Å². The highest BCUT2D eigenvalue weighted by atomic mass is 16.6. The van der Waals surface area contributed by atoms with Gasteiger partial charge in [-0.05, 0) is 98.5 Å². The number of hydrogen-bond donors (Lipinski definition) is 1. The number of nitrogens with one attached hydrogen (secondary N) is 1. The van der Waals surface area contributed by atoms with Gasteiger partial charge in [-0.15, -0.1) is 0 Å². The fourth-order valence-electron chi connectivity index (χ4n) is 5.98. The molecular weight excluding hydrogens is 749 g/mol. The smallest absolute Gasteiger partial charge is 0.335 e. The van der Waals surface area contributed by atoms with Crippen molar-refractivity contribution in [1.29, 1.82) is 0 Å². The number of rotatable bonds is 23. The molecule has 0 bridgehead atoms. The van der Waals surface area contributed by atoms with Crippen molar-refractivity contribution in [3.63, 3.8) is 0 Å². The van der Waals surface area contributed by atoms with Gasteiger partial charge in [0, 0.05) is 70.3 Å². The van der Waals surface area contributed by atoms with Crippen LogP contribution < -0.4 is 19.7 Å². The summed E-state index contributed by atoms with van der Waals surface area (Å²) < 4.78 is 32.9. The molecule has 0 aliphatic heterocycles. The zero-order valence-corrected chi connectivity index (χ0v) is 36.2. The van der Waals surface area contributed by atoms with Gasteiger partial charge in [-0.2, -0.15) is 0 Å². The van der Waals surface area contributed by atoms with Crippen LogP contribution in [0, 0.1) is 5.92 Å². The number of ether oxygens (including phenoxy) is 6. The molecule has 0 radical (unpaired) electrons. The average Bonchev–Trinajstić information content (AvgIpc) is 3.25. The second kappa shape index (κ2) is 26.6. The number of benzene rings is 4. The van der Waals surface area contributed by atoms with Crippen molar-refractivity contribution in [2.24, 2.45) is 5.92 Å². The Kier molecular flexibility index (Phi) is 21.6. The monoisotopic (exact) mass is 812 g/mol. The summed E-state index contributed by atoms with van der Waals surface area (Å²) in [5, 5.41) is 3.11. The van der Waals surface area contributed by atoms with Crippen molar-refractivity contribution in [3.8, 4) is 11.5 Å². The van der Waals surface area contributed by atoms with Gasteiger partial charge >= 0.3 is 11.9 Å². The molecule has 2 unspecified atom stereocenters. The molecule has 11 heteroatoms. The zero-order chi connectivity index (χ0) is 43.0. The Morgan fingerprint density at radius 1 is 0.559 bits per heavy atom. The minimum Gasteiger partial charge on any atom is -0.493 e. The number of carbonyl (C=O) groups excluding carboxylic acids is 3. The van der Waals surface area contributed by atoms with Gasteiger partial charge in [0.2, 0.25) is 5.91 Å². The molecule has 1 amide bonds. The third kappa shape index (κ3) is 17.2. The van der Waals surface area contributed by atoms with Gasteiger partial charge in [0.15, 0.2) is 12.2 Å². The third-order valence-electron chi connectivity index (χ3n) is 9.23. The Morgan fingerprint density at radius 2 is 0.949 bits per heavy atom. The summed E-state index contributed by atoms with van der Waals surface area (Å²) in [4.78, 5) is 37.8. The van der Waals surface area contributed by atoms with Crippen molar-refractivity contribution in [3.05, 3.63) is 119 Å². The fourth-order valence-corrected chi connectivity index (χ4v) is 5.98. The highest BCUT2D eigenvalue weighted by Crippen LogP contribution is 2.19. The van der Waals surface area contributed by atoms with Crippen molar-refractivity contribution < 1.29 is 42.8 Å². The van der Waals surface area contributed by atoms with E-state index in [1.54, 1.807) is 25.8 Å². The summed E-state index contributed by atoms with van der Waals surface area (Å²) in [5.41, 5.74) is 6.36. The molecule has 59 heavy (non-hydrogen) atoms. The summed E-state index contributed by atoms with van der Waals surface area (Å²) >= 11 is 0. The lowest BCUT2D eigenvalue weighted by molar-refractivity contribution is -0.157. The minimum atomic E-state index is -0.593. The number of esters is 2. The average molecular weight is 813 g/mol. The van der Waals surface area contributed by atoms with Crippen LogP contribution in [0.2, 0.25) is 0 Å². The topological polar surface area (TPSA) is 122 Å². The standard InChI is InChI=1S/C26H35NO5.C22H29NO4/c1-6-30-24(26(29)31-7-2)18-21-10-14-23(15-11-21)32-17-16-20-8-12-22(13-9-20)27(5)25(28)19(3)4;1-4-25-21(22(24)26-5-2)16-18-8-12-20(13-9-18)27-15-14-17-6-10-19(23-3)11-7-17/h8-15,19,24H,6-7,16-18H2,1-5H3;6-13,21,23H,4-5,14-16H2,1-3H3. The quantitative estimate of drug-likeness (QED) is 0.0733. The largest absolute Gasteiger partial charge is 0.493 e. The van der Waals surface area contributed by atoms with E-state index in [9.17, 15) is 14.4 Å². The zero-order valence-electron chi connectivity index (χ0n) is 36.2. The lowest BCUT2D eigenvalue weighted by Crippen LogP contribution is -2.30. The minimum absolute atomic E-state index is 0.0327. The molecule has 320 valence electrons. The van der Waals surface area contributed by atoms with Crippen LogP contribution in [0.15, 0.2) is 97.1 Å². The Hall–Kier alpha value is -5.39. The van der Waals surface area contributed by atoms with Gasteiger partial charge in [0.1, 0.15) is 11.5 Å². The Bertz CT molecular complexity index is 1790. The normalized spacial score (nSPS) is 11.7. The second-order valence-electron chi connectivity index (χ2n) is 14.0. The van der Waals surface area contributed by atoms with E-state index in [1.807, 2.05) is 108 Å². The lowest BCUT2D eigenvalue weighted by Gasteiger charge is -2.19. The predicted octanol–water partition coefficient (Wildman–Crippen LogP) is 8.30. The summed E-state index contributed by atoms with van der Waals surface area (Å²) in [6.45, 7) is 13.9. The summed E-state index contributed by atoms with van der Waals surface area (Å²) in [6, 6.07) is 31.7. The maximum Gasteiger partial charge on any atom is 0.335 e. The van der Waals surface area contributed by atoms with Crippen LogP contribution in [0.25, 0.3) is 0 Å². The number of amides is 1. The highest BCUT2D eigenvalue weighted by Gasteiger charge is 2.22. The van der Waals surface area contributed by atoms with Crippen LogP contribution in [0.4, 0.5) is 11.4 Å². The summed E-state index contributed by atoms with van der Waals surface area (Å²) in [7, 11) is 3.71. The number of hydrogen-bond acceptors (Lipinski definition) is 10. The predicted molar refractivity (Wildman–Crippen MR) is 233 cm³/mol. The second-order valence-corrected chi connectivity index (χ2v) is 14.0. The molecule has 4 aromatic carbocycles. The molecule has 4 rings (SSSR count). The Morgan fingerprint density at radius 3 is 1.31 bits per heavy atom. The van der Waals surface area contributed by atoms with Crippen LogP contribution in [-0.4, -0.2) is 83.8 Å². The molecule has 0 aliphatic rings. The van der Waals surface area contributed by atoms with E-state index in [1.165, 1.54) is 5.56 Å². The molecule has 0 fully saturated rings. The lowest BCUT2D eigenvalue weighted by atomic mass is 10.1. The molecule has 2 atom stereocenters. The summed E-state index contributed by atoms with van der Waals surface area (Å²) in [5.74, 6) is 1.00. The molecular formula is C48H64N2O9. The van der Waals surface area contributed by atoms with E-state index in [-0.39, 0.29) is 23.8 Å². The number of nitrogens with zero attached hydrogens (tertiary/aromatic N) is 1. The van der Waals surface area contributed by atoms with Crippen molar-refractivity contribution in [2.75, 3.05) is 64.0 Å². The van der Waals surface area contributed by atoms with E-state index in [2.05, 4.69) is 29.6 Å². The maximum atomic E-state index is 12.1. The fraction of sp³-hybridized carbons (Fsp3) is 0.438. The Balaban J connectivity index is 0.000000320. The van der Waals surface area contributed by atoms with Crippen molar-refractivity contribution in [2.45, 2.75) is 79.4 Å². The molecule has 0 spiro atoms. The molecule has 1 N–H and O–H groups in total. The van der Waals surface area contributed by atoms with Gasteiger partial charge < -0.3 is 38.6 Å². The van der Waals surface area contributed by atoms with Crippen LogP contribution in [0.1, 0.15) is 63.8 Å². The molecule has 4 aromatic rings. The van der Waals surface area contributed by atoms with Crippen LogP contribution in [-0.2, 0) is 59.0 Å². The number of anilines is 2. The van der Waals surface area contributed by atoms with E-state index < -0.39 is 12.2 Å². The molecule has 0 heterocycles. The van der Waals surface area contributed by atoms with Gasteiger partial charge in [-0.1, -0.05) is 62.4 Å². The van der Waals surface area contributed by atoms with E-state index in [4.69, 9.17) is 28.4 Å². The molecule has 0 saturated carbocycles. The molecule has 0 saturated heterocycles. The SMILES string of the molecule is CCOC(=O)C(Cc1ccc(OCCc2ccc(N(C)C(=O)C(C)C)cc2)cc1)OCC.CCOC(=O)C(Cc1ccc(OCCc2ccc(NC)cc2)cc1)OCC. The van der Waals surface area contributed by atoms with Gasteiger partial charge in [0.25, 0.3) is 0 Å².